The number of rotatable bonds is 5. The van der Waals surface area contributed by atoms with Crippen molar-refractivity contribution in [3.63, 3.8) is 0 Å². The largest absolute Gasteiger partial charge is 0.348 e. The second-order valence-corrected chi connectivity index (χ2v) is 6.38. The Hall–Kier alpha value is -1.42. The van der Waals surface area contributed by atoms with Crippen LogP contribution in [0.3, 0.4) is 0 Å². The normalized spacial score (nSPS) is 23.6. The van der Waals surface area contributed by atoms with Crippen LogP contribution in [0.4, 0.5) is 4.39 Å². The van der Waals surface area contributed by atoms with E-state index in [0.29, 0.717) is 25.0 Å². The van der Waals surface area contributed by atoms with Crippen LogP contribution in [0.5, 0.6) is 0 Å². The Bertz CT molecular complexity index is 478. The molecule has 0 aliphatic heterocycles. The molecule has 1 aliphatic rings. The van der Waals surface area contributed by atoms with Crippen molar-refractivity contribution in [2.24, 2.45) is 5.92 Å². The van der Waals surface area contributed by atoms with Crippen LogP contribution in [0.2, 0.25) is 0 Å². The number of nitrogens with one attached hydrogen (secondary N) is 2. The van der Waals surface area contributed by atoms with E-state index in [1.807, 2.05) is 13.1 Å². The summed E-state index contributed by atoms with van der Waals surface area (Å²) in [5, 5.41) is 3.16. The van der Waals surface area contributed by atoms with Crippen molar-refractivity contribution in [3.05, 3.63) is 35.6 Å². The summed E-state index contributed by atoms with van der Waals surface area (Å²) in [6.07, 6.45) is 4.78. The summed E-state index contributed by atoms with van der Waals surface area (Å²) in [5.41, 5.74) is 0.923. The lowest BCUT2D eigenvalue weighted by Gasteiger charge is -2.29. The molecule has 0 saturated heterocycles. The first kappa shape index (κ1) is 16.0. The molecule has 4 heteroatoms. The number of benzene rings is 1. The van der Waals surface area contributed by atoms with Gasteiger partial charge in [0.25, 0.3) is 5.91 Å². The van der Waals surface area contributed by atoms with Gasteiger partial charge >= 0.3 is 0 Å². The highest BCUT2D eigenvalue weighted by Gasteiger charge is 2.23. The molecule has 0 aromatic heterocycles. The van der Waals surface area contributed by atoms with E-state index in [2.05, 4.69) is 12.2 Å². The topological polar surface area (TPSA) is 33.5 Å². The number of likely N-dealkylation sites (N-methyl/N-ethyl adjacent to an activating group) is 1. The Morgan fingerprint density at radius 3 is 2.86 bits per heavy atom. The van der Waals surface area contributed by atoms with Crippen LogP contribution in [-0.2, 0) is 11.3 Å². The smallest absolute Gasteiger partial charge is 0.275 e. The fourth-order valence-electron chi connectivity index (χ4n) is 3.12. The van der Waals surface area contributed by atoms with E-state index >= 15 is 0 Å². The monoisotopic (exact) mass is 293 g/mol. The summed E-state index contributed by atoms with van der Waals surface area (Å²) in [7, 11) is 1.97. The van der Waals surface area contributed by atoms with Gasteiger partial charge in [-0.15, -0.1) is 0 Å². The number of hydrogen-bond donors (Lipinski definition) is 2. The summed E-state index contributed by atoms with van der Waals surface area (Å²) in [5.74, 6) is 0.453. The minimum Gasteiger partial charge on any atom is -0.348 e. The molecule has 1 unspecified atom stereocenters. The summed E-state index contributed by atoms with van der Waals surface area (Å²) >= 11 is 0. The summed E-state index contributed by atoms with van der Waals surface area (Å²) < 4.78 is 13.1. The third-order valence-corrected chi connectivity index (χ3v) is 4.32. The van der Waals surface area contributed by atoms with Gasteiger partial charge in [-0.1, -0.05) is 31.9 Å². The zero-order valence-electron chi connectivity index (χ0n) is 13.0. The quantitative estimate of drug-likeness (QED) is 0.848. The van der Waals surface area contributed by atoms with Gasteiger partial charge in [0.05, 0.1) is 7.05 Å². The first-order chi connectivity index (χ1) is 10.0. The maximum Gasteiger partial charge on any atom is 0.275 e. The van der Waals surface area contributed by atoms with Crippen LogP contribution in [-0.4, -0.2) is 25.5 Å². The van der Waals surface area contributed by atoms with Crippen molar-refractivity contribution in [3.8, 4) is 0 Å². The van der Waals surface area contributed by atoms with Crippen molar-refractivity contribution in [2.45, 2.75) is 45.2 Å². The molecule has 3 nitrogen and oxygen atoms in total. The van der Waals surface area contributed by atoms with Crippen LogP contribution < -0.4 is 10.2 Å². The number of amides is 1. The van der Waals surface area contributed by atoms with Gasteiger partial charge in [-0.05, 0) is 30.9 Å². The zero-order chi connectivity index (χ0) is 15.2. The molecule has 0 heterocycles. The highest BCUT2D eigenvalue weighted by molar-refractivity contribution is 5.77. The molecule has 21 heavy (non-hydrogen) atoms. The number of carbonyl (C=O) groups excluding carboxylic acids is 1. The molecule has 1 aromatic rings. The lowest BCUT2D eigenvalue weighted by Crippen LogP contribution is -3.09. The SMILES string of the molecule is C[C@H]1CCCC[C@@H]1NC(=O)C[NH+](C)Cc1cccc(F)c1. The van der Waals surface area contributed by atoms with E-state index in [1.165, 1.54) is 31.4 Å². The highest BCUT2D eigenvalue weighted by Crippen LogP contribution is 2.23. The van der Waals surface area contributed by atoms with Crippen molar-refractivity contribution in [1.82, 2.24) is 5.32 Å². The van der Waals surface area contributed by atoms with Gasteiger partial charge in [0.2, 0.25) is 0 Å². The standard InChI is InChI=1S/C17H25FN2O/c1-13-6-3-4-9-16(13)19-17(21)12-20(2)11-14-7-5-8-15(18)10-14/h5,7-8,10,13,16H,3-4,6,9,11-12H2,1-2H3,(H,19,21)/p+1/t13-,16-/m0/s1. The minimum absolute atomic E-state index is 0.0997. The third kappa shape index (κ3) is 5.12. The minimum atomic E-state index is -0.221. The van der Waals surface area contributed by atoms with Gasteiger partial charge in [-0.25, -0.2) is 4.39 Å². The Balaban J connectivity index is 1.79. The first-order valence-electron chi connectivity index (χ1n) is 7.89. The summed E-state index contributed by atoms with van der Waals surface area (Å²) in [6, 6.07) is 6.91. The fraction of sp³-hybridized carbons (Fsp3) is 0.588. The number of halogens is 1. The molecular formula is C17H26FN2O+. The molecule has 0 bridgehead atoms. The van der Waals surface area contributed by atoms with Crippen LogP contribution >= 0.6 is 0 Å². The highest BCUT2D eigenvalue weighted by atomic mass is 19.1. The third-order valence-electron chi connectivity index (χ3n) is 4.32. The van der Waals surface area contributed by atoms with Crippen LogP contribution in [0.1, 0.15) is 38.2 Å². The van der Waals surface area contributed by atoms with Crippen LogP contribution in [0.15, 0.2) is 24.3 Å². The molecule has 1 saturated carbocycles. The second kappa shape index (κ2) is 7.55. The van der Waals surface area contributed by atoms with Gasteiger partial charge in [-0.3, -0.25) is 4.79 Å². The van der Waals surface area contributed by atoms with Crippen LogP contribution in [0, 0.1) is 11.7 Å². The molecular weight excluding hydrogens is 267 g/mol. The molecule has 0 spiro atoms. The maximum atomic E-state index is 13.1. The van der Waals surface area contributed by atoms with Gasteiger partial charge in [0, 0.05) is 11.6 Å². The first-order valence-corrected chi connectivity index (χ1v) is 7.89. The molecule has 3 atom stereocenters. The Morgan fingerprint density at radius 2 is 2.14 bits per heavy atom. The van der Waals surface area contributed by atoms with Gasteiger partial charge in [-0.2, -0.15) is 0 Å². The lowest BCUT2D eigenvalue weighted by atomic mass is 9.86. The molecule has 1 amide bonds. The maximum absolute atomic E-state index is 13.1. The Labute approximate surface area is 126 Å². The fourth-order valence-corrected chi connectivity index (χ4v) is 3.12. The average molecular weight is 293 g/mol. The van der Waals surface area contributed by atoms with Crippen molar-refractivity contribution in [2.75, 3.05) is 13.6 Å². The second-order valence-electron chi connectivity index (χ2n) is 6.38. The van der Waals surface area contributed by atoms with E-state index in [9.17, 15) is 9.18 Å². The van der Waals surface area contributed by atoms with Crippen molar-refractivity contribution in [1.29, 1.82) is 0 Å². The van der Waals surface area contributed by atoms with E-state index < -0.39 is 0 Å². The Kier molecular flexibility index (Phi) is 5.74. The molecule has 1 aromatic carbocycles. The van der Waals surface area contributed by atoms with Gasteiger partial charge in [0.1, 0.15) is 12.4 Å². The van der Waals surface area contributed by atoms with Gasteiger partial charge in [0.15, 0.2) is 6.54 Å². The summed E-state index contributed by atoms with van der Waals surface area (Å²) in [4.78, 5) is 13.2. The summed E-state index contributed by atoms with van der Waals surface area (Å²) in [6.45, 7) is 3.30. The van der Waals surface area contributed by atoms with Crippen LogP contribution in [0.25, 0.3) is 0 Å². The van der Waals surface area contributed by atoms with E-state index in [0.717, 1.165) is 16.9 Å². The van der Waals surface area contributed by atoms with Gasteiger partial charge < -0.3 is 10.2 Å². The van der Waals surface area contributed by atoms with E-state index in [-0.39, 0.29) is 11.7 Å². The molecule has 2 rings (SSSR count). The lowest BCUT2D eigenvalue weighted by molar-refractivity contribution is -0.885. The zero-order valence-corrected chi connectivity index (χ0v) is 13.0. The van der Waals surface area contributed by atoms with Crippen molar-refractivity contribution >= 4 is 5.91 Å². The van der Waals surface area contributed by atoms with Crippen molar-refractivity contribution < 1.29 is 14.1 Å². The molecule has 1 aliphatic carbocycles. The number of carbonyl (C=O) groups is 1. The molecule has 1 fully saturated rings. The average Bonchev–Trinajstić information content (AvgIpc) is 2.41. The molecule has 2 N–H and O–H groups in total. The number of quaternary nitrogens is 1. The molecule has 0 radical (unpaired) electrons. The molecule has 116 valence electrons. The Morgan fingerprint density at radius 1 is 1.38 bits per heavy atom. The van der Waals surface area contributed by atoms with E-state index in [1.54, 1.807) is 6.07 Å². The number of hydrogen-bond acceptors (Lipinski definition) is 1. The predicted octanol–water partition coefficient (Wildman–Crippen LogP) is 1.54. The van der Waals surface area contributed by atoms with E-state index in [4.69, 9.17) is 0 Å². The predicted molar refractivity (Wildman–Crippen MR) is 81.4 cm³/mol.